The second-order valence-electron chi connectivity index (χ2n) is 4.04. The number of carbonyl (C=O) groups is 1. The molecule has 0 aliphatic rings. The van der Waals surface area contributed by atoms with Crippen LogP contribution in [0.25, 0.3) is 0 Å². The molecule has 0 atom stereocenters. The zero-order valence-electron chi connectivity index (χ0n) is 10.3. The molecule has 1 amide bonds. The number of nitrogens with one attached hydrogen (secondary N) is 1. The third-order valence-corrected chi connectivity index (χ3v) is 2.88. The quantitative estimate of drug-likeness (QED) is 0.842. The van der Waals surface area contributed by atoms with Crippen molar-refractivity contribution in [3.05, 3.63) is 58.7 Å². The van der Waals surface area contributed by atoms with Gasteiger partial charge in [0.1, 0.15) is 11.0 Å². The number of aromatic nitrogens is 1. The van der Waals surface area contributed by atoms with E-state index >= 15 is 0 Å². The van der Waals surface area contributed by atoms with Crippen molar-refractivity contribution in [2.45, 2.75) is 13.0 Å². The Kier molecular flexibility index (Phi) is 4.49. The molecule has 4 nitrogen and oxygen atoms in total. The van der Waals surface area contributed by atoms with Gasteiger partial charge in [-0.15, -0.1) is 0 Å². The van der Waals surface area contributed by atoms with E-state index in [-0.39, 0.29) is 12.3 Å². The van der Waals surface area contributed by atoms with Crippen LogP contribution in [0.5, 0.6) is 0 Å². The lowest BCUT2D eigenvalue weighted by Gasteiger charge is -2.08. The summed E-state index contributed by atoms with van der Waals surface area (Å²) in [6, 6.07) is 12.7. The number of nitrogens with two attached hydrogens (primary N) is 1. The summed E-state index contributed by atoms with van der Waals surface area (Å²) in [7, 11) is 0. The number of hydrogen-bond donors (Lipinski definition) is 2. The molecule has 0 spiro atoms. The second kappa shape index (κ2) is 6.31. The minimum absolute atomic E-state index is 0.143. The zero-order valence-corrected chi connectivity index (χ0v) is 11.0. The van der Waals surface area contributed by atoms with Crippen molar-refractivity contribution in [3.8, 4) is 0 Å². The molecule has 0 aliphatic heterocycles. The number of nitrogens with zero attached hydrogens (tertiary/aromatic N) is 1. The van der Waals surface area contributed by atoms with E-state index in [1.807, 2.05) is 24.3 Å². The Hall–Kier alpha value is -1.91. The molecule has 2 aromatic rings. The van der Waals surface area contributed by atoms with Crippen molar-refractivity contribution >= 4 is 23.3 Å². The second-order valence-corrected chi connectivity index (χ2v) is 4.43. The maximum absolute atomic E-state index is 11.9. The fraction of sp³-hybridized carbons (Fsp3) is 0.143. The van der Waals surface area contributed by atoms with Gasteiger partial charge < -0.3 is 11.1 Å². The van der Waals surface area contributed by atoms with Crippen LogP contribution in [0.3, 0.4) is 0 Å². The van der Waals surface area contributed by atoms with E-state index in [4.69, 9.17) is 17.3 Å². The number of benzene rings is 1. The van der Waals surface area contributed by atoms with Gasteiger partial charge in [-0.05, 0) is 23.3 Å². The Morgan fingerprint density at radius 3 is 2.58 bits per heavy atom. The predicted octanol–water partition coefficient (Wildman–Crippen LogP) is 2.37. The molecule has 0 fully saturated rings. The number of hydrogen-bond acceptors (Lipinski definition) is 3. The highest BCUT2D eigenvalue weighted by molar-refractivity contribution is 6.29. The first-order chi connectivity index (χ1) is 9.19. The van der Waals surface area contributed by atoms with Crippen LogP contribution in [0.1, 0.15) is 11.1 Å². The normalized spacial score (nSPS) is 10.2. The standard InChI is InChI=1S/C14H14ClN3O/c15-12-6-3-7-13(17-12)18-14(19)8-10-4-1-2-5-11(10)9-16/h1-7H,8-9,16H2,(H,17,18,19). The van der Waals surface area contributed by atoms with Crippen LogP contribution in [0, 0.1) is 0 Å². The molecule has 5 heteroatoms. The number of anilines is 1. The molecular weight excluding hydrogens is 262 g/mol. The van der Waals surface area contributed by atoms with Gasteiger partial charge in [0.25, 0.3) is 0 Å². The first-order valence-corrected chi connectivity index (χ1v) is 6.26. The Morgan fingerprint density at radius 2 is 1.89 bits per heavy atom. The van der Waals surface area contributed by atoms with Gasteiger partial charge in [-0.1, -0.05) is 41.9 Å². The number of halogens is 1. The molecule has 19 heavy (non-hydrogen) atoms. The lowest BCUT2D eigenvalue weighted by molar-refractivity contribution is -0.115. The van der Waals surface area contributed by atoms with Gasteiger partial charge in [-0.25, -0.2) is 4.98 Å². The summed E-state index contributed by atoms with van der Waals surface area (Å²) >= 11 is 5.76. The molecule has 1 aromatic heterocycles. The monoisotopic (exact) mass is 275 g/mol. The van der Waals surface area contributed by atoms with Crippen LogP contribution in [0.15, 0.2) is 42.5 Å². The number of amides is 1. The average Bonchev–Trinajstić information content (AvgIpc) is 2.39. The summed E-state index contributed by atoms with van der Waals surface area (Å²) in [4.78, 5) is 15.9. The van der Waals surface area contributed by atoms with Crippen molar-refractivity contribution in [2.24, 2.45) is 5.73 Å². The van der Waals surface area contributed by atoms with Gasteiger partial charge in [0.15, 0.2) is 0 Å². The molecule has 1 aromatic carbocycles. The van der Waals surface area contributed by atoms with E-state index in [9.17, 15) is 4.79 Å². The Balaban J connectivity index is 2.05. The van der Waals surface area contributed by atoms with Crippen molar-refractivity contribution in [1.29, 1.82) is 0 Å². The SMILES string of the molecule is NCc1ccccc1CC(=O)Nc1cccc(Cl)n1. The molecule has 1 heterocycles. The van der Waals surface area contributed by atoms with Crippen molar-refractivity contribution < 1.29 is 4.79 Å². The summed E-state index contributed by atoms with van der Waals surface area (Å²) < 4.78 is 0. The van der Waals surface area contributed by atoms with Crippen molar-refractivity contribution in [1.82, 2.24) is 4.98 Å². The first kappa shape index (κ1) is 13.5. The van der Waals surface area contributed by atoms with E-state index in [2.05, 4.69) is 10.3 Å². The van der Waals surface area contributed by atoms with Crippen LogP contribution in [0.2, 0.25) is 5.15 Å². The molecule has 98 valence electrons. The minimum atomic E-state index is -0.143. The molecule has 0 saturated heterocycles. The largest absolute Gasteiger partial charge is 0.326 e. The first-order valence-electron chi connectivity index (χ1n) is 5.88. The van der Waals surface area contributed by atoms with Crippen molar-refractivity contribution in [3.63, 3.8) is 0 Å². The van der Waals surface area contributed by atoms with Gasteiger partial charge in [-0.3, -0.25) is 4.79 Å². The van der Waals surface area contributed by atoms with Crippen LogP contribution in [0.4, 0.5) is 5.82 Å². The number of pyridine rings is 1. The maximum atomic E-state index is 11.9. The van der Waals surface area contributed by atoms with E-state index in [1.165, 1.54) is 0 Å². The van der Waals surface area contributed by atoms with Gasteiger partial charge in [0.2, 0.25) is 5.91 Å². The Bertz CT molecular complexity index is 586. The third-order valence-electron chi connectivity index (χ3n) is 2.67. The van der Waals surface area contributed by atoms with Gasteiger partial charge in [0.05, 0.1) is 6.42 Å². The molecule has 0 radical (unpaired) electrons. The van der Waals surface area contributed by atoms with E-state index in [0.29, 0.717) is 17.5 Å². The van der Waals surface area contributed by atoms with E-state index < -0.39 is 0 Å². The highest BCUT2D eigenvalue weighted by atomic mass is 35.5. The van der Waals surface area contributed by atoms with Gasteiger partial charge in [-0.2, -0.15) is 0 Å². The summed E-state index contributed by atoms with van der Waals surface area (Å²) in [5.74, 6) is 0.304. The maximum Gasteiger partial charge on any atom is 0.229 e. The highest BCUT2D eigenvalue weighted by Crippen LogP contribution is 2.12. The fourth-order valence-corrected chi connectivity index (χ4v) is 1.93. The fourth-order valence-electron chi connectivity index (χ4n) is 1.77. The molecule has 2 rings (SSSR count). The summed E-state index contributed by atoms with van der Waals surface area (Å²) in [5, 5.41) is 3.05. The summed E-state index contributed by atoms with van der Waals surface area (Å²) in [6.45, 7) is 0.416. The molecule has 3 N–H and O–H groups in total. The third kappa shape index (κ3) is 3.77. The van der Waals surface area contributed by atoms with E-state index in [1.54, 1.807) is 18.2 Å². The van der Waals surface area contributed by atoms with Crippen LogP contribution in [-0.2, 0) is 17.8 Å². The molecular formula is C14H14ClN3O. The van der Waals surface area contributed by atoms with Gasteiger partial charge >= 0.3 is 0 Å². The predicted molar refractivity (Wildman–Crippen MR) is 75.9 cm³/mol. The minimum Gasteiger partial charge on any atom is -0.326 e. The molecule has 0 unspecified atom stereocenters. The number of rotatable bonds is 4. The van der Waals surface area contributed by atoms with Crippen LogP contribution >= 0.6 is 11.6 Å². The average molecular weight is 276 g/mol. The smallest absolute Gasteiger partial charge is 0.229 e. The molecule has 0 bridgehead atoms. The summed E-state index contributed by atoms with van der Waals surface area (Å²) in [5.41, 5.74) is 7.53. The van der Waals surface area contributed by atoms with E-state index in [0.717, 1.165) is 11.1 Å². The summed E-state index contributed by atoms with van der Waals surface area (Å²) in [6.07, 6.45) is 0.265. The highest BCUT2D eigenvalue weighted by Gasteiger charge is 2.08. The molecule has 0 aliphatic carbocycles. The Labute approximate surface area is 116 Å². The zero-order chi connectivity index (χ0) is 13.7. The van der Waals surface area contributed by atoms with Crippen molar-refractivity contribution in [2.75, 3.05) is 5.32 Å². The Morgan fingerprint density at radius 1 is 1.16 bits per heavy atom. The lowest BCUT2D eigenvalue weighted by Crippen LogP contribution is -2.16. The van der Waals surface area contributed by atoms with Gasteiger partial charge in [0, 0.05) is 6.54 Å². The number of carbonyl (C=O) groups excluding carboxylic acids is 1. The lowest BCUT2D eigenvalue weighted by atomic mass is 10.0. The molecule has 0 saturated carbocycles. The van der Waals surface area contributed by atoms with Crippen LogP contribution < -0.4 is 11.1 Å². The van der Waals surface area contributed by atoms with Crippen LogP contribution in [-0.4, -0.2) is 10.9 Å². The topological polar surface area (TPSA) is 68.0 Å².